The Morgan fingerprint density at radius 2 is 0.321 bits per heavy atom. The summed E-state index contributed by atoms with van der Waals surface area (Å²) in [6.07, 6.45) is 1.41. The zero-order valence-corrected chi connectivity index (χ0v) is 149. The van der Waals surface area contributed by atoms with Gasteiger partial charge < -0.3 is 10.2 Å². The Bertz CT molecular complexity index is 9190. The van der Waals surface area contributed by atoms with Crippen molar-refractivity contribution in [3.05, 3.63) is 70.8 Å². The highest BCUT2D eigenvalue weighted by Gasteiger charge is 2.03. The third-order valence-corrected chi connectivity index (χ3v) is 228. The van der Waals surface area contributed by atoms with Crippen LogP contribution in [0.2, 0.25) is 0 Å². The Hall–Kier alpha value is 22.0. The number of hydrogen-bond acceptors (Lipinski definition) is 9. The van der Waals surface area contributed by atoms with Crippen LogP contribution in [0.3, 0.4) is 0 Å². The first-order chi connectivity index (χ1) is 66.2. The molecule has 0 aromatic heterocycles. The quantitative estimate of drug-likeness (QED) is 0.278. The van der Waals surface area contributed by atoms with Gasteiger partial charge in [-0.05, 0) is 35.1 Å². The lowest BCUT2D eigenvalue weighted by atomic mass is 10.1. The van der Waals surface area contributed by atoms with E-state index in [1.807, 2.05) is 691 Å². The molecule has 0 unspecified atom stereocenters. The Kier molecular flexibility index (Phi) is 180. The van der Waals surface area contributed by atoms with Crippen molar-refractivity contribution in [3.63, 3.8) is 0 Å². The van der Waals surface area contributed by atoms with Crippen molar-refractivity contribution in [2.75, 3.05) is 13.2 Å². The summed E-state index contributed by atoms with van der Waals surface area (Å²) in [5, 5.41) is 18.4. The second-order valence-electron chi connectivity index (χ2n) is 12.8. The van der Waals surface area contributed by atoms with Crippen LogP contribution >= 0.6 is 40.3 Å². The van der Waals surface area contributed by atoms with Crippen molar-refractivity contribution in [1.82, 2.24) is 0 Å². The number of rotatable bonds is 7. The molecule has 0 aliphatic heterocycles. The van der Waals surface area contributed by atoms with Crippen molar-refractivity contribution >= 4 is 992 Å². The molecule has 0 fully saturated rings. The second kappa shape index (κ2) is 151. The highest BCUT2D eigenvalue weighted by Crippen LogP contribution is 2.17. The molecule has 134 heavy (non-hydrogen) atoms. The zero-order valence-electron chi connectivity index (χ0n) is 59.7. The first-order valence-electron chi connectivity index (χ1n) is 26.3. The van der Waals surface area contributed by atoms with Gasteiger partial charge in [0, 0.05) is 980 Å². The fraction of sp³-hybridized carbons (Fsp3) is 0.364. The predicted molar refractivity (Wildman–Crippen MR) is 902 cm³/mol. The summed E-state index contributed by atoms with van der Waals surface area (Å²) < 4.78 is 0. The molecule has 2 rings (SSSR count). The van der Waals surface area contributed by atoms with Crippen LogP contribution in [0.5, 0.6) is 0 Å². The Balaban J connectivity index is -0.00000196. The monoisotopic (exact) mass is 3860 g/mol. The molecule has 0 aliphatic rings. The molecule has 0 radical (unpaired) electrons. The van der Waals surface area contributed by atoms with Gasteiger partial charge in [-0.2, -0.15) is 0 Å². The van der Waals surface area contributed by atoms with Crippen LogP contribution in [-0.4, -0.2) is 33.7 Å². The maximum absolute atomic E-state index is 10.8. The molecular weight excluding hydrogens is 3840 g/mol. The van der Waals surface area contributed by atoms with Gasteiger partial charge in [-0.1, -0.05) is 76.2 Å². The van der Waals surface area contributed by atoms with Gasteiger partial charge in [0.2, 0.25) is 0 Å². The zero-order chi connectivity index (χ0) is 97.5. The molecule has 0 bridgehead atoms. The van der Waals surface area contributed by atoms with Crippen LogP contribution in [0.1, 0.15) is 36.1 Å². The number of benzene rings is 2. The molecule has 112 heteroatoms. The number of aliphatic hydroxyl groups is 2. The van der Waals surface area contributed by atoms with Gasteiger partial charge in [-0.3, -0.25) is 9.59 Å². The van der Waals surface area contributed by atoms with Gasteiger partial charge in [0.15, 0.2) is 10.2 Å². The van der Waals surface area contributed by atoms with Gasteiger partial charge >= 0.3 is 0 Å². The van der Waals surface area contributed by atoms with Gasteiger partial charge in [0.25, 0.3) is 0 Å². The summed E-state index contributed by atoms with van der Waals surface area (Å²) in [6, 6.07) is 16.0. The topological polar surface area (TPSA) is 74.6 Å². The van der Waals surface area contributed by atoms with Gasteiger partial charge in [-0.25, -0.2) is 0 Å². The van der Waals surface area contributed by atoms with Gasteiger partial charge in [0.1, 0.15) is 0 Å². The van der Waals surface area contributed by atoms with Gasteiger partial charge in [-0.15, -0.1) is 12.6 Å². The number of carbonyl (C=O) groups excluding carboxylic acids is 2. The van der Waals surface area contributed by atoms with E-state index in [2.05, 4.69) is 34.6 Å². The number of thioether (sulfide) groups is 1. The van der Waals surface area contributed by atoms with Crippen molar-refractivity contribution in [3.8, 4) is 0 Å². The molecule has 4 nitrogen and oxygen atoms in total. The third kappa shape index (κ3) is 148. The summed E-state index contributed by atoms with van der Waals surface area (Å²) in [5.41, 5.74) is 4.76. The maximum Gasteiger partial charge on any atom is 0.186 e. The molecule has 0 saturated carbocycles. The van der Waals surface area contributed by atoms with Crippen LogP contribution in [0.15, 0.2) is 48.5 Å². The fourth-order valence-electron chi connectivity index (χ4n) is 3.39. The Labute approximate surface area is 1100 Å². The van der Waals surface area contributed by atoms with E-state index in [1.165, 1.54) is 65.3 Å². The van der Waals surface area contributed by atoms with E-state index in [0.29, 0.717) is 12.2 Å². The van der Waals surface area contributed by atoms with E-state index in [0.717, 1.165) is 22.9 Å². The summed E-state index contributed by atoms with van der Waals surface area (Å²) in [4.78, 5) is 20.1. The molecule has 2 aromatic carbocycles. The number of thiol groups is 1. The first-order valence-corrected chi connectivity index (χ1v) is 166. The minimum atomic E-state index is -0.139. The molecular formula is C22H29BrO4S107. The summed E-state index contributed by atoms with van der Waals surface area (Å²) >= 11 is 27.3. The van der Waals surface area contributed by atoms with E-state index < -0.39 is 0 Å². The fourth-order valence-corrected chi connectivity index (χ4v) is 271. The molecule has 790 valence electrons. The number of carbonyl (C=O) groups is 2. The van der Waals surface area contributed by atoms with Crippen LogP contribution < -0.4 is 0 Å². The minimum Gasteiger partial charge on any atom is -0.396 e. The molecule has 2 N–H and O–H groups in total. The van der Waals surface area contributed by atoms with Crippen LogP contribution in [0, 0.1) is 0 Å². The second-order valence-corrected chi connectivity index (χ2v) is 194. The SMILES string of the molecule is CC(=O)S.CC(=O)SCc1ccccc1CCO.OCCc1ccccc1CBr.S=S=S=S=S=S=S=S=S=S=S=S=S=S=S=S=S=S=S=S=S=S=S=S=S=S=S=S=S=S=S=S=S=S=S=S=S=S=S=S=S=S=S=S=S=S=S=S=S=S=S=S.S=S=S=S=S=S=S=S=S=S=S=S=S=S=S=S=S=S=S=S=S=S=S=S=S=S=S=S=S=S=S=S=S=S=S=S=S=S=S=S=S=S=S=S=S=S=S=S=S=S=S=S=S. The van der Waals surface area contributed by atoms with E-state index in [1.54, 1.807) is 220 Å². The number of halogens is 1. The standard InChI is InChI=1S/C11H14O2S.C9H11BrO.C2H4OS.S53.S52/c1-9(13)14-8-11-5-3-2-4-10(11)6-7-12;10-7-9-4-2-1-3-8(9)5-6-11;1-2(3)4;1-3-5-7-9-11-13-15-17-19-21-23-25-27-29-31-33-35-37-39-41-43-45-47-49-51-53-52-50-48-46-44-42-40-38-36-34-32-30-28-26-24-22-20-18-16-14-12-10-8-6-4-2;1-3-5-7-9-11-13-15-17-19-21-23-25-27-29-31-33-35-37-39-41-43-45-47-49-51-52-50-48-46-44-42-40-38-36-34-32-30-28-26-24-22-20-18-16-14-12-10-8-6-4-2/h2-5,12H,6-8H2,1H3;1-4,11H,5-7H2;1H3,(H,3,4);;. The van der Waals surface area contributed by atoms with E-state index in [4.69, 9.17) is 55.0 Å². The molecule has 2 aromatic rings. The number of hydrogen-bond donors (Lipinski definition) is 3. The third-order valence-electron chi connectivity index (χ3n) is 6.32. The molecule has 0 atom stereocenters. The predicted octanol–water partition coefficient (Wildman–Crippen LogP) is 4.33. The van der Waals surface area contributed by atoms with Crippen molar-refractivity contribution in [2.45, 2.75) is 37.8 Å². The molecule has 0 aliphatic carbocycles. The Morgan fingerprint density at radius 3 is 0.425 bits per heavy atom. The number of alkyl halides is 1. The van der Waals surface area contributed by atoms with E-state index in [9.17, 15) is 9.59 Å². The average Bonchev–Trinajstić information content (AvgIpc) is 0.903. The average molecular weight is 3870 g/mol. The minimum absolute atomic E-state index is 0.129. The molecule has 0 spiro atoms. The first kappa shape index (κ1) is 160. The van der Waals surface area contributed by atoms with Crippen molar-refractivity contribution in [2.24, 2.45) is 0 Å². The lowest BCUT2D eigenvalue weighted by Crippen LogP contribution is -1.96. The van der Waals surface area contributed by atoms with E-state index >= 15 is 0 Å². The number of aliphatic hydroxyl groups excluding tert-OH is 2. The highest BCUT2D eigenvalue weighted by molar-refractivity contribution is 9.08. The maximum atomic E-state index is 10.8. The summed E-state index contributed by atoms with van der Waals surface area (Å²) in [6.45, 7) is 3.34. The van der Waals surface area contributed by atoms with Crippen LogP contribution in [-0.2, 0) is 975 Å². The van der Waals surface area contributed by atoms with Gasteiger partial charge in [0.05, 0.1) is 0 Å². The van der Waals surface area contributed by atoms with E-state index in [-0.39, 0.29) is 23.4 Å². The Morgan fingerprint density at radius 1 is 0.216 bits per heavy atom. The summed E-state index contributed by atoms with van der Waals surface area (Å²) in [5.74, 6) is 0.700. The van der Waals surface area contributed by atoms with Crippen molar-refractivity contribution < 1.29 is 19.8 Å². The van der Waals surface area contributed by atoms with Crippen molar-refractivity contribution in [1.29, 1.82) is 0 Å². The normalized spacial score (nSPS) is 8.16. The summed E-state index contributed by atoms with van der Waals surface area (Å²) in [7, 11) is 181. The molecule has 0 saturated heterocycles. The molecule has 0 amide bonds. The highest BCUT2D eigenvalue weighted by atomic mass is 79.9. The van der Waals surface area contributed by atoms with Crippen LogP contribution in [0.25, 0.3) is 0 Å². The largest absolute Gasteiger partial charge is 0.396 e. The smallest absolute Gasteiger partial charge is 0.186 e. The van der Waals surface area contributed by atoms with Crippen LogP contribution in [0.4, 0.5) is 0 Å². The molecule has 0 heterocycles. The lowest BCUT2D eigenvalue weighted by Gasteiger charge is -2.06. The lowest BCUT2D eigenvalue weighted by molar-refractivity contribution is -0.109.